The summed E-state index contributed by atoms with van der Waals surface area (Å²) in [4.78, 5) is 14.8. The Labute approximate surface area is 138 Å². The molecule has 2 aromatic carbocycles. The smallest absolute Gasteiger partial charge is 0.254 e. The molecule has 1 aliphatic rings. The van der Waals surface area contributed by atoms with Crippen LogP contribution in [0.25, 0.3) is 10.8 Å². The van der Waals surface area contributed by atoms with Crippen LogP contribution in [0.1, 0.15) is 24.2 Å². The molecule has 1 heterocycles. The van der Waals surface area contributed by atoms with Crippen molar-refractivity contribution in [2.24, 2.45) is 0 Å². The minimum Gasteiger partial charge on any atom is -0.334 e. The van der Waals surface area contributed by atoms with E-state index >= 15 is 0 Å². The molecule has 1 amide bonds. The predicted octanol–water partition coefficient (Wildman–Crippen LogP) is 4.57. The first-order chi connectivity index (χ1) is 10.1. The Balaban J connectivity index is 1.92. The van der Waals surface area contributed by atoms with Crippen LogP contribution in [0.4, 0.5) is 0 Å². The molecule has 2 unspecified atom stereocenters. The molecule has 1 fully saturated rings. The predicted molar refractivity (Wildman–Crippen MR) is 94.1 cm³/mol. The van der Waals surface area contributed by atoms with Crippen LogP contribution in [0, 0.1) is 0 Å². The summed E-state index contributed by atoms with van der Waals surface area (Å²) in [6.07, 6.45) is 0. The number of carbonyl (C=O) groups is 1. The van der Waals surface area contributed by atoms with Crippen LogP contribution in [0.15, 0.2) is 40.9 Å². The minimum absolute atomic E-state index is 0.152. The second-order valence-electron chi connectivity index (χ2n) is 5.52. The van der Waals surface area contributed by atoms with Crippen molar-refractivity contribution in [3.63, 3.8) is 0 Å². The van der Waals surface area contributed by atoms with Gasteiger partial charge >= 0.3 is 0 Å². The zero-order chi connectivity index (χ0) is 15.0. The molecule has 2 atom stereocenters. The lowest BCUT2D eigenvalue weighted by Gasteiger charge is -2.37. The van der Waals surface area contributed by atoms with Crippen molar-refractivity contribution in [1.82, 2.24) is 4.90 Å². The summed E-state index contributed by atoms with van der Waals surface area (Å²) in [5.74, 6) is 1.18. The van der Waals surface area contributed by atoms with Crippen LogP contribution < -0.4 is 0 Å². The number of hydrogen-bond acceptors (Lipinski definition) is 2. The van der Waals surface area contributed by atoms with E-state index in [1.807, 2.05) is 47.0 Å². The average Bonchev–Trinajstić information content (AvgIpc) is 2.49. The molecule has 21 heavy (non-hydrogen) atoms. The van der Waals surface area contributed by atoms with Crippen LogP contribution in [0.2, 0.25) is 0 Å². The molecule has 0 aliphatic carbocycles. The Bertz CT molecular complexity index is 688. The van der Waals surface area contributed by atoms with E-state index in [2.05, 4.69) is 35.8 Å². The number of hydrogen-bond donors (Lipinski definition) is 0. The normalized spacial score (nSPS) is 22.5. The van der Waals surface area contributed by atoms with Gasteiger partial charge in [-0.15, -0.1) is 0 Å². The number of benzene rings is 2. The van der Waals surface area contributed by atoms with Gasteiger partial charge in [-0.1, -0.05) is 35.0 Å². The van der Waals surface area contributed by atoms with E-state index < -0.39 is 0 Å². The van der Waals surface area contributed by atoms with Crippen LogP contribution >= 0.6 is 27.7 Å². The summed E-state index contributed by atoms with van der Waals surface area (Å²) in [7, 11) is 0. The quantitative estimate of drug-likeness (QED) is 0.739. The number of thioether (sulfide) groups is 1. The van der Waals surface area contributed by atoms with Gasteiger partial charge in [0, 0.05) is 33.6 Å². The molecule has 0 aromatic heterocycles. The maximum absolute atomic E-state index is 12.8. The number of amides is 1. The SMILES string of the molecule is CC1SCCN(C(=O)c2ccc3cc(Br)ccc3c2)C1C. The summed E-state index contributed by atoms with van der Waals surface area (Å²) in [6, 6.07) is 12.4. The van der Waals surface area contributed by atoms with Gasteiger partial charge in [-0.2, -0.15) is 11.8 Å². The maximum atomic E-state index is 12.8. The summed E-state index contributed by atoms with van der Waals surface area (Å²) in [6.45, 7) is 5.19. The molecule has 1 saturated heterocycles. The van der Waals surface area contributed by atoms with Crippen molar-refractivity contribution in [2.75, 3.05) is 12.3 Å². The van der Waals surface area contributed by atoms with Crippen molar-refractivity contribution in [3.8, 4) is 0 Å². The molecule has 1 aliphatic heterocycles. The van der Waals surface area contributed by atoms with E-state index in [9.17, 15) is 4.79 Å². The topological polar surface area (TPSA) is 20.3 Å². The van der Waals surface area contributed by atoms with E-state index in [1.54, 1.807) is 0 Å². The first kappa shape index (κ1) is 14.9. The van der Waals surface area contributed by atoms with Gasteiger partial charge in [0.25, 0.3) is 5.91 Å². The molecule has 0 N–H and O–H groups in total. The maximum Gasteiger partial charge on any atom is 0.254 e. The van der Waals surface area contributed by atoms with Crippen LogP contribution in [0.5, 0.6) is 0 Å². The molecular formula is C17H18BrNOS. The highest BCUT2D eigenvalue weighted by atomic mass is 79.9. The zero-order valence-corrected chi connectivity index (χ0v) is 14.6. The highest BCUT2D eigenvalue weighted by molar-refractivity contribution is 9.10. The molecule has 110 valence electrons. The summed E-state index contributed by atoms with van der Waals surface area (Å²) >= 11 is 5.43. The molecule has 2 aromatic rings. The number of carbonyl (C=O) groups excluding carboxylic acids is 1. The Morgan fingerprint density at radius 2 is 1.90 bits per heavy atom. The molecule has 4 heteroatoms. The van der Waals surface area contributed by atoms with Gasteiger partial charge < -0.3 is 4.90 Å². The molecular weight excluding hydrogens is 346 g/mol. The average molecular weight is 364 g/mol. The van der Waals surface area contributed by atoms with Crippen molar-refractivity contribution < 1.29 is 4.79 Å². The van der Waals surface area contributed by atoms with Crippen molar-refractivity contribution in [1.29, 1.82) is 0 Å². The zero-order valence-electron chi connectivity index (χ0n) is 12.2. The largest absolute Gasteiger partial charge is 0.334 e. The van der Waals surface area contributed by atoms with Crippen LogP contribution in [0.3, 0.4) is 0 Å². The molecule has 0 saturated carbocycles. The lowest BCUT2D eigenvalue weighted by Crippen LogP contribution is -2.47. The summed E-state index contributed by atoms with van der Waals surface area (Å²) in [5.41, 5.74) is 0.788. The Morgan fingerprint density at radius 1 is 1.19 bits per heavy atom. The number of nitrogens with zero attached hydrogens (tertiary/aromatic N) is 1. The van der Waals surface area contributed by atoms with E-state index in [0.29, 0.717) is 5.25 Å². The minimum atomic E-state index is 0.152. The van der Waals surface area contributed by atoms with E-state index in [-0.39, 0.29) is 11.9 Å². The van der Waals surface area contributed by atoms with Crippen molar-refractivity contribution in [2.45, 2.75) is 25.1 Å². The molecule has 3 rings (SSSR count). The van der Waals surface area contributed by atoms with Gasteiger partial charge in [-0.25, -0.2) is 0 Å². The lowest BCUT2D eigenvalue weighted by atomic mass is 10.1. The molecule has 2 nitrogen and oxygen atoms in total. The molecule has 0 radical (unpaired) electrons. The van der Waals surface area contributed by atoms with Crippen LogP contribution in [-0.2, 0) is 0 Å². The van der Waals surface area contributed by atoms with E-state index in [0.717, 1.165) is 33.1 Å². The third kappa shape index (κ3) is 2.97. The number of rotatable bonds is 1. The molecule has 0 spiro atoms. The van der Waals surface area contributed by atoms with E-state index in [1.165, 1.54) is 0 Å². The molecule has 0 bridgehead atoms. The second-order valence-corrected chi connectivity index (χ2v) is 7.92. The van der Waals surface area contributed by atoms with Crippen LogP contribution in [-0.4, -0.2) is 34.4 Å². The fourth-order valence-corrected chi connectivity index (χ4v) is 4.21. The Kier molecular flexibility index (Phi) is 4.27. The number of halogens is 1. The Morgan fingerprint density at radius 3 is 2.71 bits per heavy atom. The van der Waals surface area contributed by atoms with Crippen molar-refractivity contribution >= 4 is 44.4 Å². The summed E-state index contributed by atoms with van der Waals surface area (Å²) in [5, 5.41) is 2.76. The first-order valence-corrected chi connectivity index (χ1v) is 9.02. The van der Waals surface area contributed by atoms with Gasteiger partial charge in [0.05, 0.1) is 0 Å². The third-order valence-corrected chi connectivity index (χ3v) is 6.03. The van der Waals surface area contributed by atoms with Gasteiger partial charge in [0.1, 0.15) is 0 Å². The standard InChI is InChI=1S/C17H18BrNOS/c1-11-12(2)21-8-7-19(11)17(20)15-4-3-14-10-16(18)6-5-13(14)9-15/h3-6,9-12H,7-8H2,1-2H3. The third-order valence-electron chi connectivity index (χ3n) is 4.19. The highest BCUT2D eigenvalue weighted by Crippen LogP contribution is 2.27. The van der Waals surface area contributed by atoms with Gasteiger partial charge in [0.2, 0.25) is 0 Å². The van der Waals surface area contributed by atoms with Gasteiger partial charge in [0.15, 0.2) is 0 Å². The lowest BCUT2D eigenvalue weighted by molar-refractivity contribution is 0.0698. The second kappa shape index (κ2) is 6.01. The summed E-state index contributed by atoms with van der Waals surface area (Å²) < 4.78 is 1.06. The fourth-order valence-electron chi connectivity index (χ4n) is 2.74. The Hall–Kier alpha value is -1.00. The van der Waals surface area contributed by atoms with Gasteiger partial charge in [-0.05, 0) is 42.0 Å². The van der Waals surface area contributed by atoms with Crippen molar-refractivity contribution in [3.05, 3.63) is 46.4 Å². The number of fused-ring (bicyclic) bond motifs is 1. The fraction of sp³-hybridized carbons (Fsp3) is 0.353. The van der Waals surface area contributed by atoms with E-state index in [4.69, 9.17) is 0 Å². The monoisotopic (exact) mass is 363 g/mol. The highest BCUT2D eigenvalue weighted by Gasteiger charge is 2.29. The first-order valence-electron chi connectivity index (χ1n) is 7.18. The van der Waals surface area contributed by atoms with Gasteiger partial charge in [-0.3, -0.25) is 4.79 Å².